The van der Waals surface area contributed by atoms with Crippen LogP contribution in [0.5, 0.6) is 5.75 Å². The molecule has 140 valence electrons. The number of carbonyl (C=O) groups excluding carboxylic acids is 1. The summed E-state index contributed by atoms with van der Waals surface area (Å²) < 4.78 is 19.8. The van der Waals surface area contributed by atoms with Crippen molar-refractivity contribution < 1.29 is 13.9 Å². The highest BCUT2D eigenvalue weighted by Crippen LogP contribution is 2.25. The Hall–Kier alpha value is -3.43. The summed E-state index contributed by atoms with van der Waals surface area (Å²) in [6.07, 6.45) is 3.02. The van der Waals surface area contributed by atoms with E-state index in [0.717, 1.165) is 0 Å². The van der Waals surface area contributed by atoms with Gasteiger partial charge in [-0.05, 0) is 67.6 Å². The second-order valence-corrected chi connectivity index (χ2v) is 6.20. The normalized spacial score (nSPS) is 10.8. The fourth-order valence-electron chi connectivity index (χ4n) is 2.54. The van der Waals surface area contributed by atoms with E-state index in [9.17, 15) is 9.18 Å². The lowest BCUT2D eigenvalue weighted by atomic mass is 10.1. The van der Waals surface area contributed by atoms with Crippen LogP contribution in [0.3, 0.4) is 0 Å². The van der Waals surface area contributed by atoms with Crippen LogP contribution in [0.15, 0.2) is 54.6 Å². The minimum Gasteiger partial charge on any atom is -0.479 e. The number of ketones is 1. The molecule has 0 bridgehead atoms. The molecule has 7 heteroatoms. The molecule has 2 aromatic carbocycles. The van der Waals surface area contributed by atoms with E-state index < -0.39 is 0 Å². The topological polar surface area (TPSA) is 67.9 Å². The van der Waals surface area contributed by atoms with Gasteiger partial charge in [-0.15, -0.1) is 0 Å². The van der Waals surface area contributed by atoms with Crippen molar-refractivity contribution in [2.24, 2.45) is 0 Å². The first-order valence-corrected chi connectivity index (χ1v) is 8.70. The molecule has 0 fully saturated rings. The van der Waals surface area contributed by atoms with Gasteiger partial charge >= 0.3 is 0 Å². The van der Waals surface area contributed by atoms with E-state index >= 15 is 0 Å². The minimum atomic E-state index is -0.349. The van der Waals surface area contributed by atoms with Gasteiger partial charge in [0.25, 0.3) is 0 Å². The molecule has 0 unspecified atom stereocenters. The van der Waals surface area contributed by atoms with Gasteiger partial charge < -0.3 is 4.74 Å². The second kappa shape index (κ2) is 8.51. The summed E-state index contributed by atoms with van der Waals surface area (Å²) in [5, 5.41) is 13.2. The summed E-state index contributed by atoms with van der Waals surface area (Å²) in [6.45, 7) is 1.72. The van der Waals surface area contributed by atoms with Crippen molar-refractivity contribution in [1.29, 1.82) is 5.26 Å². The number of allylic oxidation sites excluding steroid dienone is 1. The highest BCUT2D eigenvalue weighted by molar-refractivity contribution is 6.31. The van der Waals surface area contributed by atoms with Crippen LogP contribution < -0.4 is 4.74 Å². The summed E-state index contributed by atoms with van der Waals surface area (Å²) in [6, 6.07) is 14.2. The number of ether oxygens (including phenoxy) is 1. The third kappa shape index (κ3) is 4.27. The Morgan fingerprint density at radius 3 is 2.57 bits per heavy atom. The number of aromatic nitrogens is 2. The van der Waals surface area contributed by atoms with Gasteiger partial charge in [-0.2, -0.15) is 10.4 Å². The van der Waals surface area contributed by atoms with Crippen LogP contribution in [0.25, 0.3) is 11.8 Å². The number of halogens is 2. The van der Waals surface area contributed by atoms with Crippen LogP contribution in [0.2, 0.25) is 5.15 Å². The van der Waals surface area contributed by atoms with E-state index in [-0.39, 0.29) is 18.2 Å². The van der Waals surface area contributed by atoms with E-state index in [4.69, 9.17) is 21.6 Å². The number of aryl methyl sites for hydroxylation is 1. The van der Waals surface area contributed by atoms with Gasteiger partial charge in [0.2, 0.25) is 0 Å². The molecule has 3 aromatic rings. The van der Waals surface area contributed by atoms with Crippen LogP contribution in [0.1, 0.15) is 21.6 Å². The summed E-state index contributed by atoms with van der Waals surface area (Å²) in [5.74, 6) is -0.0446. The number of hydrogen-bond acceptors (Lipinski definition) is 4. The maximum Gasteiger partial charge on any atom is 0.185 e. The first-order valence-electron chi connectivity index (χ1n) is 8.33. The molecule has 0 saturated carbocycles. The highest BCUT2D eigenvalue weighted by Gasteiger charge is 2.13. The third-order valence-electron chi connectivity index (χ3n) is 3.96. The SMILES string of the molecule is Cc1nn(-c2ccc(F)cc2)c(Cl)c1/C=C/C(=O)c1ccc(OCC#N)cc1. The molecular weight excluding hydrogens is 381 g/mol. The van der Waals surface area contributed by atoms with Crippen molar-refractivity contribution in [2.45, 2.75) is 6.92 Å². The van der Waals surface area contributed by atoms with Crippen molar-refractivity contribution in [2.75, 3.05) is 6.61 Å². The predicted octanol–water partition coefficient (Wildman–Crippen LogP) is 4.77. The Morgan fingerprint density at radius 1 is 1.25 bits per heavy atom. The van der Waals surface area contributed by atoms with Gasteiger partial charge in [0.15, 0.2) is 12.4 Å². The Kier molecular flexibility index (Phi) is 5.87. The summed E-state index contributed by atoms with van der Waals surface area (Å²) in [5.41, 5.74) is 2.33. The zero-order valence-electron chi connectivity index (χ0n) is 14.9. The Labute approximate surface area is 166 Å². The average molecular weight is 396 g/mol. The number of nitriles is 1. The number of hydrogen-bond donors (Lipinski definition) is 0. The molecule has 0 aliphatic carbocycles. The minimum absolute atomic E-state index is 0.0526. The van der Waals surface area contributed by atoms with Gasteiger partial charge in [-0.1, -0.05) is 11.6 Å². The lowest BCUT2D eigenvalue weighted by Crippen LogP contribution is -1.97. The van der Waals surface area contributed by atoms with Crippen LogP contribution in [0, 0.1) is 24.1 Å². The predicted molar refractivity (Wildman–Crippen MR) is 104 cm³/mol. The molecule has 0 aliphatic heterocycles. The molecule has 0 aliphatic rings. The molecule has 0 amide bonds. The van der Waals surface area contributed by atoms with Crippen molar-refractivity contribution in [3.8, 4) is 17.5 Å². The van der Waals surface area contributed by atoms with E-state index in [1.807, 2.05) is 6.07 Å². The van der Waals surface area contributed by atoms with E-state index in [2.05, 4.69) is 5.10 Å². The molecule has 3 rings (SSSR count). The van der Waals surface area contributed by atoms with E-state index in [1.54, 1.807) is 49.4 Å². The zero-order chi connectivity index (χ0) is 20.1. The molecule has 0 radical (unpaired) electrons. The summed E-state index contributed by atoms with van der Waals surface area (Å²) in [4.78, 5) is 12.4. The van der Waals surface area contributed by atoms with Crippen molar-refractivity contribution in [3.05, 3.63) is 82.4 Å². The molecule has 0 saturated heterocycles. The van der Waals surface area contributed by atoms with Gasteiger partial charge in [0.1, 0.15) is 22.8 Å². The van der Waals surface area contributed by atoms with Crippen LogP contribution in [-0.2, 0) is 0 Å². The molecule has 1 heterocycles. The molecule has 0 spiro atoms. The van der Waals surface area contributed by atoms with Gasteiger partial charge in [-0.3, -0.25) is 4.79 Å². The van der Waals surface area contributed by atoms with Crippen LogP contribution >= 0.6 is 11.6 Å². The standard InChI is InChI=1S/C21H15ClFN3O2/c1-14-19(21(22)26(25-14)17-6-4-16(23)5-7-17)10-11-20(27)15-2-8-18(9-3-15)28-13-12-24/h2-11H,13H2,1H3/b11-10+. The fourth-order valence-corrected chi connectivity index (χ4v) is 2.88. The number of carbonyl (C=O) groups is 1. The van der Waals surface area contributed by atoms with Gasteiger partial charge in [-0.25, -0.2) is 9.07 Å². The summed E-state index contributed by atoms with van der Waals surface area (Å²) in [7, 11) is 0. The zero-order valence-corrected chi connectivity index (χ0v) is 15.7. The largest absolute Gasteiger partial charge is 0.479 e. The molecule has 0 atom stereocenters. The van der Waals surface area contributed by atoms with Gasteiger partial charge in [0.05, 0.1) is 11.4 Å². The summed E-state index contributed by atoms with van der Waals surface area (Å²) >= 11 is 6.40. The average Bonchev–Trinajstić information content (AvgIpc) is 2.99. The molecule has 28 heavy (non-hydrogen) atoms. The Balaban J connectivity index is 1.79. The first kappa shape index (κ1) is 19.3. The number of rotatable bonds is 6. The molecular formula is C21H15ClFN3O2. The van der Waals surface area contributed by atoms with Crippen molar-refractivity contribution in [3.63, 3.8) is 0 Å². The van der Waals surface area contributed by atoms with Gasteiger partial charge in [0, 0.05) is 11.1 Å². The maximum atomic E-state index is 13.1. The fraction of sp³-hybridized carbons (Fsp3) is 0.0952. The Bertz CT molecular complexity index is 1060. The molecule has 0 N–H and O–H groups in total. The van der Waals surface area contributed by atoms with E-state index in [0.29, 0.717) is 33.4 Å². The van der Waals surface area contributed by atoms with Crippen LogP contribution in [-0.4, -0.2) is 22.2 Å². The highest BCUT2D eigenvalue weighted by atomic mass is 35.5. The first-order chi connectivity index (χ1) is 13.5. The quantitative estimate of drug-likeness (QED) is 0.445. The van der Waals surface area contributed by atoms with Crippen molar-refractivity contribution >= 4 is 23.5 Å². The van der Waals surface area contributed by atoms with E-state index in [1.165, 1.54) is 22.9 Å². The second-order valence-electron chi connectivity index (χ2n) is 5.85. The monoisotopic (exact) mass is 395 g/mol. The smallest absolute Gasteiger partial charge is 0.185 e. The lowest BCUT2D eigenvalue weighted by molar-refractivity contribution is 0.104. The Morgan fingerprint density at radius 2 is 1.93 bits per heavy atom. The van der Waals surface area contributed by atoms with Crippen molar-refractivity contribution in [1.82, 2.24) is 9.78 Å². The number of benzene rings is 2. The molecule has 1 aromatic heterocycles. The lowest BCUT2D eigenvalue weighted by Gasteiger charge is -2.03. The molecule has 5 nitrogen and oxygen atoms in total. The third-order valence-corrected chi connectivity index (χ3v) is 4.33. The maximum absolute atomic E-state index is 13.1. The number of nitrogens with zero attached hydrogens (tertiary/aromatic N) is 3. The van der Waals surface area contributed by atoms with Crippen LogP contribution in [0.4, 0.5) is 4.39 Å².